The number of aromatic nitrogens is 1. The van der Waals surface area contributed by atoms with Gasteiger partial charge >= 0.3 is 0 Å². The molecule has 0 aliphatic rings. The highest BCUT2D eigenvalue weighted by atomic mass is 16.1. The number of para-hydroxylation sites is 1. The maximum absolute atomic E-state index is 12.4. The number of hydrogen-bond donors (Lipinski definition) is 3. The van der Waals surface area contributed by atoms with E-state index >= 15 is 0 Å². The largest absolute Gasteiger partial charge is 0.379 e. The van der Waals surface area contributed by atoms with Crippen molar-refractivity contribution in [3.05, 3.63) is 96.2 Å². The van der Waals surface area contributed by atoms with E-state index in [-0.39, 0.29) is 11.9 Å². The predicted octanol–water partition coefficient (Wildman–Crippen LogP) is 5.91. The Labute approximate surface area is 171 Å². The second kappa shape index (κ2) is 8.65. The Morgan fingerprint density at radius 3 is 2.38 bits per heavy atom. The average Bonchev–Trinajstić information content (AvgIpc) is 3.17. The van der Waals surface area contributed by atoms with E-state index in [2.05, 4.69) is 40.7 Å². The zero-order valence-electron chi connectivity index (χ0n) is 16.5. The minimum atomic E-state index is 0.0219. The van der Waals surface area contributed by atoms with Gasteiger partial charge in [-0.1, -0.05) is 48.5 Å². The lowest BCUT2D eigenvalue weighted by Gasteiger charge is -2.16. The molecule has 4 rings (SSSR count). The Bertz CT molecular complexity index is 1080. The highest BCUT2D eigenvalue weighted by Crippen LogP contribution is 2.22. The quantitative estimate of drug-likeness (QED) is 0.371. The van der Waals surface area contributed by atoms with Crippen LogP contribution in [0.5, 0.6) is 0 Å². The number of H-pyrrole nitrogens is 1. The molecule has 29 heavy (non-hydrogen) atoms. The molecule has 1 heterocycles. The molecule has 3 aromatic carbocycles. The smallest absolute Gasteiger partial charge is 0.224 e. The molecule has 4 aromatic rings. The molecule has 0 aliphatic carbocycles. The number of benzene rings is 3. The van der Waals surface area contributed by atoms with E-state index in [1.165, 1.54) is 16.5 Å². The van der Waals surface area contributed by atoms with Crippen molar-refractivity contribution >= 4 is 28.2 Å². The molecule has 0 aliphatic heterocycles. The molecule has 0 saturated heterocycles. The van der Waals surface area contributed by atoms with Gasteiger partial charge in [-0.2, -0.15) is 0 Å². The van der Waals surface area contributed by atoms with Crippen molar-refractivity contribution in [1.82, 2.24) is 4.98 Å². The van der Waals surface area contributed by atoms with Gasteiger partial charge in [-0.25, -0.2) is 0 Å². The van der Waals surface area contributed by atoms with Crippen LogP contribution in [0.15, 0.2) is 85.1 Å². The highest BCUT2D eigenvalue weighted by molar-refractivity contribution is 5.91. The number of anilines is 2. The third-order valence-electron chi connectivity index (χ3n) is 5.15. The molecule has 3 N–H and O–H groups in total. The van der Waals surface area contributed by atoms with Crippen LogP contribution in [0.1, 0.15) is 30.5 Å². The number of hydrogen-bond acceptors (Lipinski definition) is 2. The Morgan fingerprint density at radius 1 is 0.897 bits per heavy atom. The number of fused-ring (bicyclic) bond motifs is 1. The number of aromatic amines is 1. The van der Waals surface area contributed by atoms with Crippen LogP contribution >= 0.6 is 0 Å². The van der Waals surface area contributed by atoms with Gasteiger partial charge in [-0.3, -0.25) is 4.79 Å². The van der Waals surface area contributed by atoms with E-state index < -0.39 is 0 Å². The fourth-order valence-electron chi connectivity index (χ4n) is 3.53. The normalized spacial score (nSPS) is 11.9. The van der Waals surface area contributed by atoms with Crippen LogP contribution in [0.25, 0.3) is 10.9 Å². The Balaban J connectivity index is 1.31. The number of rotatable bonds is 7. The van der Waals surface area contributed by atoms with Crippen LogP contribution in [-0.4, -0.2) is 10.9 Å². The van der Waals surface area contributed by atoms with Gasteiger partial charge in [0.25, 0.3) is 0 Å². The summed E-state index contributed by atoms with van der Waals surface area (Å²) < 4.78 is 0. The van der Waals surface area contributed by atoms with Gasteiger partial charge in [0.15, 0.2) is 0 Å². The highest BCUT2D eigenvalue weighted by Gasteiger charge is 2.08. The fourth-order valence-corrected chi connectivity index (χ4v) is 3.53. The van der Waals surface area contributed by atoms with Gasteiger partial charge < -0.3 is 15.6 Å². The van der Waals surface area contributed by atoms with Crippen LogP contribution in [0.4, 0.5) is 11.4 Å². The number of aryl methyl sites for hydroxylation is 1. The van der Waals surface area contributed by atoms with Gasteiger partial charge in [-0.05, 0) is 54.8 Å². The Morgan fingerprint density at radius 2 is 1.59 bits per heavy atom. The summed E-state index contributed by atoms with van der Waals surface area (Å²) in [6, 6.07) is 26.6. The van der Waals surface area contributed by atoms with Crippen molar-refractivity contribution in [1.29, 1.82) is 0 Å². The van der Waals surface area contributed by atoms with Gasteiger partial charge in [0.2, 0.25) is 5.91 Å². The Kier molecular flexibility index (Phi) is 5.61. The molecule has 4 nitrogen and oxygen atoms in total. The fraction of sp³-hybridized carbons (Fsp3) is 0.160. The minimum Gasteiger partial charge on any atom is -0.379 e. The summed E-state index contributed by atoms with van der Waals surface area (Å²) in [7, 11) is 0. The van der Waals surface area contributed by atoms with Crippen molar-refractivity contribution in [2.45, 2.75) is 25.8 Å². The summed E-state index contributed by atoms with van der Waals surface area (Å²) in [5.41, 5.74) is 5.35. The van der Waals surface area contributed by atoms with Crippen molar-refractivity contribution in [3.8, 4) is 0 Å². The van der Waals surface area contributed by atoms with Gasteiger partial charge in [0, 0.05) is 40.9 Å². The molecule has 0 bridgehead atoms. The third kappa shape index (κ3) is 4.66. The first-order valence-electron chi connectivity index (χ1n) is 9.95. The SMILES string of the molecule is CC(Nc1ccc(NC(=O)CCc2c[nH]c3ccccc23)cc1)c1ccccc1. The second-order valence-corrected chi connectivity index (χ2v) is 7.26. The van der Waals surface area contributed by atoms with Crippen LogP contribution in [0, 0.1) is 0 Å². The lowest BCUT2D eigenvalue weighted by Crippen LogP contribution is -2.12. The topological polar surface area (TPSA) is 56.9 Å². The number of amides is 1. The number of carbonyl (C=O) groups excluding carboxylic acids is 1. The van der Waals surface area contributed by atoms with Crippen molar-refractivity contribution in [3.63, 3.8) is 0 Å². The lowest BCUT2D eigenvalue weighted by molar-refractivity contribution is -0.116. The molecule has 0 radical (unpaired) electrons. The van der Waals surface area contributed by atoms with Gasteiger partial charge in [-0.15, -0.1) is 0 Å². The van der Waals surface area contributed by atoms with Crippen LogP contribution in [0.2, 0.25) is 0 Å². The van der Waals surface area contributed by atoms with E-state index in [0.29, 0.717) is 12.8 Å². The zero-order chi connectivity index (χ0) is 20.1. The first kappa shape index (κ1) is 18.8. The molecule has 146 valence electrons. The van der Waals surface area contributed by atoms with Crippen LogP contribution in [-0.2, 0) is 11.2 Å². The standard InChI is InChI=1S/C25H25N3O/c1-18(19-7-3-2-4-8-19)27-21-12-14-22(15-13-21)28-25(29)16-11-20-17-26-24-10-6-5-9-23(20)24/h2-10,12-15,17-18,26-27H,11,16H2,1H3,(H,28,29). The van der Waals surface area contributed by atoms with E-state index in [1.807, 2.05) is 66.9 Å². The molecule has 0 spiro atoms. The second-order valence-electron chi connectivity index (χ2n) is 7.26. The number of nitrogens with one attached hydrogen (secondary N) is 3. The zero-order valence-corrected chi connectivity index (χ0v) is 16.5. The minimum absolute atomic E-state index is 0.0219. The first-order valence-corrected chi connectivity index (χ1v) is 9.95. The van der Waals surface area contributed by atoms with Crippen LogP contribution < -0.4 is 10.6 Å². The molecular formula is C25H25N3O. The predicted molar refractivity (Wildman–Crippen MR) is 120 cm³/mol. The van der Waals surface area contributed by atoms with E-state index in [9.17, 15) is 4.79 Å². The molecule has 4 heteroatoms. The molecule has 1 unspecified atom stereocenters. The van der Waals surface area contributed by atoms with Crippen LogP contribution in [0.3, 0.4) is 0 Å². The molecule has 0 saturated carbocycles. The van der Waals surface area contributed by atoms with Crippen molar-refractivity contribution in [2.75, 3.05) is 10.6 Å². The van der Waals surface area contributed by atoms with E-state index in [0.717, 1.165) is 16.9 Å². The molecule has 1 atom stereocenters. The van der Waals surface area contributed by atoms with Gasteiger partial charge in [0.1, 0.15) is 0 Å². The van der Waals surface area contributed by atoms with Gasteiger partial charge in [0.05, 0.1) is 0 Å². The average molecular weight is 383 g/mol. The number of carbonyl (C=O) groups is 1. The summed E-state index contributed by atoms with van der Waals surface area (Å²) in [5, 5.41) is 7.65. The third-order valence-corrected chi connectivity index (χ3v) is 5.15. The molecule has 1 aromatic heterocycles. The summed E-state index contributed by atoms with van der Waals surface area (Å²) in [6.07, 6.45) is 3.16. The lowest BCUT2D eigenvalue weighted by atomic mass is 10.1. The van der Waals surface area contributed by atoms with E-state index in [1.54, 1.807) is 0 Å². The van der Waals surface area contributed by atoms with Crippen molar-refractivity contribution in [2.24, 2.45) is 0 Å². The molecular weight excluding hydrogens is 358 g/mol. The summed E-state index contributed by atoms with van der Waals surface area (Å²) in [5.74, 6) is 0.0219. The van der Waals surface area contributed by atoms with Crippen molar-refractivity contribution < 1.29 is 4.79 Å². The summed E-state index contributed by atoms with van der Waals surface area (Å²) in [6.45, 7) is 2.13. The maximum atomic E-state index is 12.4. The van der Waals surface area contributed by atoms with E-state index in [4.69, 9.17) is 0 Å². The maximum Gasteiger partial charge on any atom is 0.224 e. The molecule has 1 amide bonds. The summed E-state index contributed by atoms with van der Waals surface area (Å²) >= 11 is 0. The first-order chi connectivity index (χ1) is 14.2. The molecule has 0 fully saturated rings. The monoisotopic (exact) mass is 383 g/mol. The summed E-state index contributed by atoms with van der Waals surface area (Å²) in [4.78, 5) is 15.6. The Hall–Kier alpha value is -3.53.